The summed E-state index contributed by atoms with van der Waals surface area (Å²) in [6.07, 6.45) is 8.84. The van der Waals surface area contributed by atoms with E-state index in [2.05, 4.69) is 45.8 Å². The Morgan fingerprint density at radius 2 is 2.14 bits per heavy atom. The van der Waals surface area contributed by atoms with Crippen molar-refractivity contribution in [1.82, 2.24) is 9.78 Å². The van der Waals surface area contributed by atoms with Gasteiger partial charge in [0.1, 0.15) is 0 Å². The highest BCUT2D eigenvalue weighted by Crippen LogP contribution is 2.15. The molecule has 0 spiro atoms. The van der Waals surface area contributed by atoms with Gasteiger partial charge in [0.15, 0.2) is 0 Å². The highest BCUT2D eigenvalue weighted by Gasteiger charge is 2.07. The largest absolute Gasteiger partial charge is 0.269 e. The number of nitrogens with zero attached hydrogens (tertiary/aromatic N) is 2. The van der Waals surface area contributed by atoms with Gasteiger partial charge in [0.25, 0.3) is 0 Å². The molecule has 0 radical (unpaired) electrons. The quantitative estimate of drug-likeness (QED) is 0.714. The van der Waals surface area contributed by atoms with E-state index in [1.165, 1.54) is 12.0 Å². The summed E-state index contributed by atoms with van der Waals surface area (Å²) < 4.78 is 2.11. The molecular weight excluding hydrogens is 240 g/mol. The van der Waals surface area contributed by atoms with Crippen LogP contribution in [0.3, 0.4) is 0 Å². The van der Waals surface area contributed by atoms with Gasteiger partial charge in [-0.25, -0.2) is 0 Å². The second kappa shape index (κ2) is 6.23. The zero-order chi connectivity index (χ0) is 10.4. The standard InChI is InChI=1S/C11H19BrN2/c1-3-11(4-2)14-9-10(8-13-14)6-5-7-12/h8-9,11H,3-7H2,1-2H3. The smallest absolute Gasteiger partial charge is 0.0521 e. The molecule has 0 atom stereocenters. The molecule has 0 bridgehead atoms. The van der Waals surface area contributed by atoms with Gasteiger partial charge in [-0.3, -0.25) is 4.68 Å². The van der Waals surface area contributed by atoms with Crippen LogP contribution in [0.15, 0.2) is 12.4 Å². The van der Waals surface area contributed by atoms with Crippen LogP contribution in [0, 0.1) is 0 Å². The first-order valence-corrected chi connectivity index (χ1v) is 6.52. The predicted octanol–water partition coefficient (Wildman–Crippen LogP) is 3.57. The summed E-state index contributed by atoms with van der Waals surface area (Å²) in [6, 6.07) is 0.577. The molecule has 0 saturated heterocycles. The Kier molecular flexibility index (Phi) is 5.23. The Labute approximate surface area is 94.8 Å². The van der Waals surface area contributed by atoms with Gasteiger partial charge in [0.2, 0.25) is 0 Å². The Bertz CT molecular complexity index is 254. The van der Waals surface area contributed by atoms with E-state index in [9.17, 15) is 0 Å². The molecule has 0 fully saturated rings. The first-order chi connectivity index (χ1) is 6.81. The molecule has 0 aliphatic heterocycles. The molecule has 1 aromatic rings. The number of hydrogen-bond donors (Lipinski definition) is 0. The molecule has 0 N–H and O–H groups in total. The fraction of sp³-hybridized carbons (Fsp3) is 0.727. The van der Waals surface area contributed by atoms with Gasteiger partial charge in [0, 0.05) is 11.5 Å². The van der Waals surface area contributed by atoms with Gasteiger partial charge in [0.05, 0.1) is 12.2 Å². The number of halogens is 1. The van der Waals surface area contributed by atoms with Crippen molar-refractivity contribution in [3.8, 4) is 0 Å². The van der Waals surface area contributed by atoms with E-state index in [4.69, 9.17) is 0 Å². The molecule has 0 aliphatic rings. The SMILES string of the molecule is CCC(CC)n1cc(CCCBr)cn1. The fourth-order valence-electron chi connectivity index (χ4n) is 1.64. The lowest BCUT2D eigenvalue weighted by atomic mass is 10.2. The van der Waals surface area contributed by atoms with Crippen LogP contribution in [0.1, 0.15) is 44.7 Å². The summed E-state index contributed by atoms with van der Waals surface area (Å²) in [4.78, 5) is 0. The molecule has 1 rings (SSSR count). The molecule has 3 heteroatoms. The predicted molar refractivity (Wildman–Crippen MR) is 64.0 cm³/mol. The van der Waals surface area contributed by atoms with Crippen LogP contribution in [-0.4, -0.2) is 15.1 Å². The van der Waals surface area contributed by atoms with Crippen LogP contribution < -0.4 is 0 Å². The van der Waals surface area contributed by atoms with Crippen LogP contribution in [0.5, 0.6) is 0 Å². The molecule has 1 aromatic heterocycles. The van der Waals surface area contributed by atoms with E-state index >= 15 is 0 Å². The average molecular weight is 259 g/mol. The Balaban J connectivity index is 2.57. The lowest BCUT2D eigenvalue weighted by molar-refractivity contribution is 0.428. The molecule has 2 nitrogen and oxygen atoms in total. The minimum absolute atomic E-state index is 0.577. The van der Waals surface area contributed by atoms with Crippen LogP contribution in [0.4, 0.5) is 0 Å². The van der Waals surface area contributed by atoms with Crippen LogP contribution in [0.25, 0.3) is 0 Å². The number of alkyl halides is 1. The van der Waals surface area contributed by atoms with Crippen LogP contribution >= 0.6 is 15.9 Å². The highest BCUT2D eigenvalue weighted by molar-refractivity contribution is 9.09. The van der Waals surface area contributed by atoms with Gasteiger partial charge in [-0.15, -0.1) is 0 Å². The van der Waals surface area contributed by atoms with E-state index in [1.807, 2.05) is 6.20 Å². The van der Waals surface area contributed by atoms with Crippen molar-refractivity contribution in [2.75, 3.05) is 5.33 Å². The van der Waals surface area contributed by atoms with Gasteiger partial charge in [-0.1, -0.05) is 29.8 Å². The normalized spacial score (nSPS) is 11.1. The van der Waals surface area contributed by atoms with Crippen molar-refractivity contribution in [3.63, 3.8) is 0 Å². The molecule has 0 aliphatic carbocycles. The molecule has 80 valence electrons. The lowest BCUT2D eigenvalue weighted by Gasteiger charge is -2.12. The number of aryl methyl sites for hydroxylation is 1. The summed E-state index contributed by atoms with van der Waals surface area (Å²) in [5, 5.41) is 5.49. The van der Waals surface area contributed by atoms with E-state index in [-0.39, 0.29) is 0 Å². The van der Waals surface area contributed by atoms with E-state index in [0.717, 1.165) is 24.6 Å². The molecule has 0 amide bonds. The summed E-state index contributed by atoms with van der Waals surface area (Å²) in [5.41, 5.74) is 1.36. The van der Waals surface area contributed by atoms with Crippen molar-refractivity contribution >= 4 is 15.9 Å². The third kappa shape index (κ3) is 3.12. The highest BCUT2D eigenvalue weighted by atomic mass is 79.9. The average Bonchev–Trinajstić information content (AvgIpc) is 2.65. The van der Waals surface area contributed by atoms with Crippen molar-refractivity contribution in [3.05, 3.63) is 18.0 Å². The molecular formula is C11H19BrN2. The maximum atomic E-state index is 4.41. The van der Waals surface area contributed by atoms with Gasteiger partial charge >= 0.3 is 0 Å². The lowest BCUT2D eigenvalue weighted by Crippen LogP contribution is -2.06. The summed E-state index contributed by atoms with van der Waals surface area (Å²) in [7, 11) is 0. The second-order valence-corrected chi connectivity index (χ2v) is 4.38. The maximum Gasteiger partial charge on any atom is 0.0521 e. The number of aromatic nitrogens is 2. The first kappa shape index (κ1) is 11.8. The van der Waals surface area contributed by atoms with Crippen LogP contribution in [-0.2, 0) is 6.42 Å². The molecule has 0 unspecified atom stereocenters. The van der Waals surface area contributed by atoms with E-state index in [1.54, 1.807) is 0 Å². The molecule has 14 heavy (non-hydrogen) atoms. The summed E-state index contributed by atoms with van der Waals surface area (Å²) >= 11 is 3.44. The fourth-order valence-corrected chi connectivity index (χ4v) is 1.92. The van der Waals surface area contributed by atoms with Crippen molar-refractivity contribution in [1.29, 1.82) is 0 Å². The topological polar surface area (TPSA) is 17.8 Å². The molecule has 0 saturated carbocycles. The third-order valence-electron chi connectivity index (χ3n) is 2.57. The first-order valence-electron chi connectivity index (χ1n) is 5.40. The Morgan fingerprint density at radius 1 is 1.43 bits per heavy atom. The zero-order valence-corrected chi connectivity index (χ0v) is 10.6. The minimum Gasteiger partial charge on any atom is -0.269 e. The monoisotopic (exact) mass is 258 g/mol. The zero-order valence-electron chi connectivity index (χ0n) is 9.04. The van der Waals surface area contributed by atoms with E-state index < -0.39 is 0 Å². The van der Waals surface area contributed by atoms with Gasteiger partial charge in [-0.05, 0) is 31.2 Å². The Hall–Kier alpha value is -0.310. The second-order valence-electron chi connectivity index (χ2n) is 3.59. The van der Waals surface area contributed by atoms with E-state index in [0.29, 0.717) is 6.04 Å². The third-order valence-corrected chi connectivity index (χ3v) is 3.13. The van der Waals surface area contributed by atoms with Gasteiger partial charge in [-0.2, -0.15) is 5.10 Å². The van der Waals surface area contributed by atoms with Crippen molar-refractivity contribution < 1.29 is 0 Å². The van der Waals surface area contributed by atoms with Gasteiger partial charge < -0.3 is 0 Å². The Morgan fingerprint density at radius 3 is 2.71 bits per heavy atom. The van der Waals surface area contributed by atoms with Crippen LogP contribution in [0.2, 0.25) is 0 Å². The maximum absolute atomic E-state index is 4.41. The molecule has 0 aromatic carbocycles. The van der Waals surface area contributed by atoms with Crippen molar-refractivity contribution in [2.24, 2.45) is 0 Å². The number of hydrogen-bond acceptors (Lipinski definition) is 1. The minimum atomic E-state index is 0.577. The summed E-state index contributed by atoms with van der Waals surface area (Å²) in [5.74, 6) is 0. The number of rotatable bonds is 6. The molecule has 1 heterocycles. The summed E-state index contributed by atoms with van der Waals surface area (Å²) in [6.45, 7) is 4.43. The van der Waals surface area contributed by atoms with Crippen molar-refractivity contribution in [2.45, 2.75) is 45.6 Å².